The quantitative estimate of drug-likeness (QED) is 0.0310. The van der Waals surface area contributed by atoms with E-state index < -0.39 is 9.84 Å². The van der Waals surface area contributed by atoms with E-state index in [0.717, 1.165) is 92.2 Å². The topological polar surface area (TPSA) is 359 Å². The fraction of sp³-hybridized carbons (Fsp3) is 0.462. The molecule has 0 amide bonds. The van der Waals surface area contributed by atoms with Crippen molar-refractivity contribution in [2.24, 2.45) is 4.99 Å². The van der Waals surface area contributed by atoms with Gasteiger partial charge < -0.3 is 35.8 Å². The summed E-state index contributed by atoms with van der Waals surface area (Å²) in [6, 6.07) is 43.3. The Hall–Kier alpha value is -11.3. The lowest BCUT2D eigenvalue weighted by atomic mass is 9.86. The van der Waals surface area contributed by atoms with Crippen molar-refractivity contribution >= 4 is 50.7 Å². The Bertz CT molecular complexity index is 6040. The predicted molar refractivity (Wildman–Crippen MR) is 487 cm³/mol. The van der Waals surface area contributed by atoms with Gasteiger partial charge in [-0.3, -0.25) is 44.1 Å². The summed E-state index contributed by atoms with van der Waals surface area (Å²) in [7, 11) is -3.40. The summed E-state index contributed by atoms with van der Waals surface area (Å²) in [5.74, 6) is 4.98. The molecule has 123 heavy (non-hydrogen) atoms. The Morgan fingerprint density at radius 2 is 0.943 bits per heavy atom. The number of H-pyrrole nitrogens is 3. The zero-order valence-corrected chi connectivity index (χ0v) is 74.5. The maximum absolute atomic E-state index is 12.8. The van der Waals surface area contributed by atoms with Gasteiger partial charge in [0.2, 0.25) is 23.5 Å². The standard InChI is InChI=1S/C26H31N5O3S.C24H34N6O.C23H31N5O2.C20H25N5O2/c1-17-7-12-21(15-18(17)2)35(33,34)14-6-13-27-25-29-24(28-22-16-23(32)30-31(22)25)19-8-10-20(11-9-19)26(3,4)5;1-24(2,3)18-12-10-17(11-13-18)22-27-20-16-21(31)29-30(20)23(28-22)26-15-7-14-25-19-8-5-4-6-9-19;1-23(2,3)18-7-5-17(6-8-18)21-25-20-15-19(29)16-28(20)22(26-21)24-9-4-10-27-11-13-30-14-12-27;1-20(2,3)14-6-4-13(5-7-14)18-21-16-12-17(27)23-25(16)19(22-18)24-10-8-15(26)9-11-24/h7-12,15-16H,6,13-14H2,1-5H3,(H,30,32)(H,27,28,29);10-13,16,19,25H,4-9,14-15H2,1-3H3,(H,29,31)(H,26,27,28);5-8,15,29H,4,9-14,16H2,1-3H3;4-7,12,15,26H,8-11H2,1-3H3,(H,23,27). The highest BCUT2D eigenvalue weighted by molar-refractivity contribution is 7.91. The second-order valence-corrected chi connectivity index (χ2v) is 38.7. The fourth-order valence-electron chi connectivity index (χ4n) is 15.1. The van der Waals surface area contributed by atoms with Crippen LogP contribution >= 0.6 is 0 Å². The van der Waals surface area contributed by atoms with Crippen molar-refractivity contribution in [3.63, 3.8) is 0 Å². The minimum absolute atomic E-state index is 0.0000479. The van der Waals surface area contributed by atoms with Crippen molar-refractivity contribution in [3.8, 4) is 45.6 Å². The molecule has 5 aromatic carbocycles. The number of fused-ring (bicyclic) bond motifs is 4. The average molecular weight is 1690 g/mol. The maximum Gasteiger partial charge on any atom is 0.266 e. The van der Waals surface area contributed by atoms with Gasteiger partial charge in [-0.15, -0.1) is 0 Å². The number of nitrogens with one attached hydrogen (secondary N) is 6. The number of aliphatic hydroxyl groups excluding tert-OH is 2. The van der Waals surface area contributed by atoms with Crippen LogP contribution in [-0.2, 0) is 42.8 Å². The monoisotopic (exact) mass is 1690 g/mol. The number of morpholine rings is 1. The normalized spacial score (nSPS) is 15.3. The first-order valence-electron chi connectivity index (χ1n) is 43.1. The minimum atomic E-state index is -3.40. The van der Waals surface area contributed by atoms with Gasteiger partial charge in [0.05, 0.1) is 36.5 Å². The maximum atomic E-state index is 12.8. The largest absolute Gasteiger partial charge is 0.510 e. The number of sulfone groups is 1. The number of hydrogen-bond donors (Lipinski definition) is 8. The van der Waals surface area contributed by atoms with Gasteiger partial charge in [0.1, 0.15) is 11.6 Å². The lowest BCUT2D eigenvalue weighted by Crippen LogP contribution is -2.37. The van der Waals surface area contributed by atoms with Crippen LogP contribution in [0.15, 0.2) is 163 Å². The number of anilines is 3. The highest BCUT2D eigenvalue weighted by atomic mass is 32.2. The summed E-state index contributed by atoms with van der Waals surface area (Å²) >= 11 is 0. The summed E-state index contributed by atoms with van der Waals surface area (Å²) in [4.78, 5) is 82.5. The van der Waals surface area contributed by atoms with Crippen LogP contribution in [-0.4, -0.2) is 187 Å². The van der Waals surface area contributed by atoms with Crippen LogP contribution in [0.3, 0.4) is 0 Å². The molecule has 16 rings (SSSR count). The second-order valence-electron chi connectivity index (χ2n) is 36.6. The third-order valence-corrected chi connectivity index (χ3v) is 24.6. The van der Waals surface area contributed by atoms with Crippen LogP contribution in [0.2, 0.25) is 0 Å². The van der Waals surface area contributed by atoms with E-state index in [2.05, 4.69) is 222 Å². The van der Waals surface area contributed by atoms with Crippen molar-refractivity contribution in [1.29, 1.82) is 0 Å². The van der Waals surface area contributed by atoms with Crippen molar-refractivity contribution in [3.05, 3.63) is 215 Å². The Kier molecular flexibility index (Phi) is 28.1. The van der Waals surface area contributed by atoms with Gasteiger partial charge in [-0.2, -0.15) is 19.9 Å². The molecule has 1 saturated carbocycles. The van der Waals surface area contributed by atoms with E-state index in [9.17, 15) is 33.0 Å². The number of hydrogen-bond acceptors (Lipinski definition) is 22. The summed E-state index contributed by atoms with van der Waals surface area (Å²) in [6.07, 6.45) is 11.8. The van der Waals surface area contributed by atoms with Crippen molar-refractivity contribution < 1.29 is 23.4 Å². The number of piperidine rings is 1. The number of aliphatic hydroxyl groups is 2. The molecule has 1 aliphatic carbocycles. The molecular weight excluding hydrogens is 1570 g/mol. The van der Waals surface area contributed by atoms with E-state index in [4.69, 9.17) is 24.7 Å². The third-order valence-electron chi connectivity index (χ3n) is 22.8. The smallest absolute Gasteiger partial charge is 0.266 e. The minimum Gasteiger partial charge on any atom is -0.510 e. The van der Waals surface area contributed by atoms with E-state index in [0.29, 0.717) is 132 Å². The molecule has 0 spiro atoms. The Morgan fingerprint density at radius 1 is 0.496 bits per heavy atom. The summed E-state index contributed by atoms with van der Waals surface area (Å²) in [6.45, 7) is 39.2. The summed E-state index contributed by atoms with van der Waals surface area (Å²) in [5.41, 5.74) is 12.4. The van der Waals surface area contributed by atoms with Crippen molar-refractivity contribution in [2.75, 3.05) is 93.4 Å². The molecule has 30 heteroatoms. The van der Waals surface area contributed by atoms with Crippen molar-refractivity contribution in [2.45, 2.75) is 206 Å². The molecule has 0 unspecified atom stereocenters. The van der Waals surface area contributed by atoms with E-state index in [-0.39, 0.29) is 56.0 Å². The van der Waals surface area contributed by atoms with Gasteiger partial charge >= 0.3 is 0 Å². The van der Waals surface area contributed by atoms with E-state index in [1.165, 1.54) is 77.1 Å². The molecule has 2 saturated heterocycles. The number of benzene rings is 5. The molecule has 3 fully saturated rings. The molecule has 652 valence electrons. The molecule has 7 aromatic heterocycles. The van der Waals surface area contributed by atoms with Gasteiger partial charge in [0, 0.05) is 105 Å². The average Bonchev–Trinajstić information content (AvgIpc) is 1.70. The molecule has 4 aliphatic rings. The molecule has 29 nitrogen and oxygen atoms in total. The van der Waals surface area contributed by atoms with Gasteiger partial charge in [0.25, 0.3) is 16.7 Å². The molecule has 10 heterocycles. The molecule has 12 aromatic rings. The fourth-order valence-corrected chi connectivity index (χ4v) is 16.5. The zero-order chi connectivity index (χ0) is 87.5. The number of aromatic nitrogens is 15. The number of ether oxygens (including phenoxy) is 1. The molecule has 0 radical (unpaired) electrons. The number of aryl methyl sites for hydroxylation is 2. The number of nitrogens with zero attached hydrogens (tertiary/aromatic N) is 15. The highest BCUT2D eigenvalue weighted by Crippen LogP contribution is 2.32. The van der Waals surface area contributed by atoms with Gasteiger partial charge in [-0.05, 0) is 133 Å². The van der Waals surface area contributed by atoms with Crippen LogP contribution < -0.4 is 43.1 Å². The van der Waals surface area contributed by atoms with Crippen LogP contribution in [0.25, 0.3) is 68.6 Å². The molecule has 8 N–H and O–H groups in total. The molecular formula is C93H121N21O8S. The third kappa shape index (κ3) is 23.3. The first-order valence-corrected chi connectivity index (χ1v) is 44.8. The van der Waals surface area contributed by atoms with Gasteiger partial charge in [0.15, 0.2) is 50.1 Å². The van der Waals surface area contributed by atoms with Crippen LogP contribution in [0.1, 0.15) is 186 Å². The van der Waals surface area contributed by atoms with Crippen molar-refractivity contribution in [1.82, 2.24) is 83.5 Å². The van der Waals surface area contributed by atoms with E-state index >= 15 is 0 Å². The lowest BCUT2D eigenvalue weighted by molar-refractivity contribution is 0.0377. The summed E-state index contributed by atoms with van der Waals surface area (Å²) in [5, 5.41) is 38.3. The number of allylic oxidation sites excluding steroid dienone is 1. The van der Waals surface area contributed by atoms with Crippen LogP contribution in [0.5, 0.6) is 0 Å². The predicted octanol–water partition coefficient (Wildman–Crippen LogP) is 13.5. The Morgan fingerprint density at radius 3 is 1.41 bits per heavy atom. The Labute approximate surface area is 719 Å². The first-order chi connectivity index (χ1) is 58.5. The SMILES string of the molecule is CC(C)(C)c1ccc(-c2nc(N3CCC(O)CC3)n3[nH]c(=O)cc3n2)cc1.CC(C)(C)c1ccc(-c2nc(NCCCNC3CCCCC3)n3[nH]c(=O)cc3n2)cc1.CC(C)(C)c1ccc(-c2nc3n(c(=NCCCN4CCOCC4)n2)CC(O)=C3)cc1.Cc1ccc(S(=O)(=O)CCCNc2nc(-c3ccc(C(C)(C)C)cc3)nc3cc(=O)[nH]n23)cc1C. The van der Waals surface area contributed by atoms with E-state index in [1.54, 1.807) is 27.2 Å². The lowest BCUT2D eigenvalue weighted by Gasteiger charge is -2.30. The zero-order valence-electron chi connectivity index (χ0n) is 73.7. The number of aromatic amines is 3. The Balaban J connectivity index is 0.000000142. The first kappa shape index (κ1) is 89.4. The summed E-state index contributed by atoms with van der Waals surface area (Å²) < 4.78 is 37.5. The molecule has 0 atom stereocenters. The van der Waals surface area contributed by atoms with Gasteiger partial charge in [-0.1, -0.05) is 205 Å². The second kappa shape index (κ2) is 38.6. The van der Waals surface area contributed by atoms with Crippen LogP contribution in [0, 0.1) is 13.8 Å². The molecule has 3 aliphatic heterocycles. The molecule has 0 bridgehead atoms. The van der Waals surface area contributed by atoms with Gasteiger partial charge in [-0.25, -0.2) is 41.9 Å². The van der Waals surface area contributed by atoms with Crippen LogP contribution in [0.4, 0.5) is 17.8 Å². The number of rotatable bonds is 21. The van der Waals surface area contributed by atoms with E-state index in [1.807, 2.05) is 48.7 Å². The highest BCUT2D eigenvalue weighted by Gasteiger charge is 2.26.